The van der Waals surface area contributed by atoms with E-state index < -0.39 is 0 Å². The highest BCUT2D eigenvalue weighted by molar-refractivity contribution is 6.04. The largest absolute Gasteiger partial charge is 0.306 e. The van der Waals surface area contributed by atoms with Crippen molar-refractivity contribution in [1.82, 2.24) is 9.88 Å². The van der Waals surface area contributed by atoms with Gasteiger partial charge < -0.3 is 5.32 Å². The third-order valence-corrected chi connectivity index (χ3v) is 4.31. The summed E-state index contributed by atoms with van der Waals surface area (Å²) >= 11 is 0. The zero-order valence-electron chi connectivity index (χ0n) is 13.6. The molecule has 1 fully saturated rings. The minimum atomic E-state index is -0.115. The molecule has 0 spiro atoms. The Kier molecular flexibility index (Phi) is 5.03. The van der Waals surface area contributed by atoms with Gasteiger partial charge in [-0.25, -0.2) is 4.98 Å². The van der Waals surface area contributed by atoms with E-state index in [0.717, 1.165) is 12.1 Å². The van der Waals surface area contributed by atoms with Crippen molar-refractivity contribution in [3.05, 3.63) is 59.3 Å². The second-order valence-corrected chi connectivity index (χ2v) is 6.16. The number of amides is 1. The highest BCUT2D eigenvalue weighted by atomic mass is 16.1. The zero-order valence-corrected chi connectivity index (χ0v) is 13.6. The number of aryl methyl sites for hydroxylation is 1. The molecule has 4 heteroatoms. The molecule has 1 aromatic heterocycles. The van der Waals surface area contributed by atoms with Crippen molar-refractivity contribution < 1.29 is 4.79 Å². The molecular formula is C19H23N3O. The van der Waals surface area contributed by atoms with Crippen molar-refractivity contribution in [3.8, 4) is 0 Å². The second-order valence-electron chi connectivity index (χ2n) is 6.16. The number of aromatic nitrogens is 1. The number of carbonyl (C=O) groups is 1. The number of carbonyl (C=O) groups excluding carboxylic acids is 1. The van der Waals surface area contributed by atoms with Gasteiger partial charge in [0.05, 0.1) is 0 Å². The van der Waals surface area contributed by atoms with Gasteiger partial charge in [0, 0.05) is 18.3 Å². The fraction of sp³-hybridized carbons (Fsp3) is 0.368. The van der Waals surface area contributed by atoms with Crippen molar-refractivity contribution in [1.29, 1.82) is 0 Å². The Hall–Kier alpha value is -2.20. The molecule has 1 aliphatic heterocycles. The van der Waals surface area contributed by atoms with Crippen LogP contribution >= 0.6 is 0 Å². The maximum absolute atomic E-state index is 12.3. The number of piperidine rings is 1. The van der Waals surface area contributed by atoms with Gasteiger partial charge in [0.15, 0.2) is 0 Å². The van der Waals surface area contributed by atoms with Gasteiger partial charge in [0.2, 0.25) is 0 Å². The summed E-state index contributed by atoms with van der Waals surface area (Å²) in [5.41, 5.74) is 2.89. The lowest BCUT2D eigenvalue weighted by Crippen LogP contribution is -2.29. The summed E-state index contributed by atoms with van der Waals surface area (Å²) < 4.78 is 0. The van der Waals surface area contributed by atoms with Gasteiger partial charge in [-0.2, -0.15) is 0 Å². The van der Waals surface area contributed by atoms with Crippen LogP contribution < -0.4 is 5.32 Å². The van der Waals surface area contributed by atoms with Crippen LogP contribution in [0.3, 0.4) is 0 Å². The lowest BCUT2D eigenvalue weighted by molar-refractivity contribution is 0.102. The number of rotatable bonds is 4. The second kappa shape index (κ2) is 7.38. The molecule has 0 bridgehead atoms. The number of anilines is 1. The quantitative estimate of drug-likeness (QED) is 0.938. The highest BCUT2D eigenvalue weighted by Crippen LogP contribution is 2.15. The Bertz CT molecular complexity index is 661. The molecular weight excluding hydrogens is 286 g/mol. The Morgan fingerprint density at radius 2 is 1.87 bits per heavy atom. The Morgan fingerprint density at radius 1 is 1.13 bits per heavy atom. The first-order valence-corrected chi connectivity index (χ1v) is 8.26. The molecule has 4 nitrogen and oxygen atoms in total. The highest BCUT2D eigenvalue weighted by Gasteiger charge is 2.12. The van der Waals surface area contributed by atoms with Crippen molar-refractivity contribution >= 4 is 11.7 Å². The van der Waals surface area contributed by atoms with E-state index >= 15 is 0 Å². The van der Waals surface area contributed by atoms with E-state index in [1.807, 2.05) is 31.2 Å². The van der Waals surface area contributed by atoms with Crippen molar-refractivity contribution in [2.75, 3.05) is 18.4 Å². The van der Waals surface area contributed by atoms with E-state index in [1.54, 1.807) is 6.20 Å². The number of nitrogens with one attached hydrogen (secondary N) is 1. The predicted molar refractivity (Wildman–Crippen MR) is 92.5 cm³/mol. The molecule has 1 aliphatic rings. The molecule has 0 saturated carbocycles. The number of likely N-dealkylation sites (tertiary alicyclic amines) is 1. The fourth-order valence-corrected chi connectivity index (χ4v) is 2.93. The average molecular weight is 309 g/mol. The maximum Gasteiger partial charge on any atom is 0.256 e. The first-order chi connectivity index (χ1) is 11.2. The van der Waals surface area contributed by atoms with Crippen LogP contribution in [0.5, 0.6) is 0 Å². The monoisotopic (exact) mass is 309 g/mol. The Balaban J connectivity index is 1.62. The summed E-state index contributed by atoms with van der Waals surface area (Å²) in [7, 11) is 0. The van der Waals surface area contributed by atoms with Crippen LogP contribution in [-0.4, -0.2) is 28.9 Å². The van der Waals surface area contributed by atoms with Crippen molar-refractivity contribution in [3.63, 3.8) is 0 Å². The molecule has 1 N–H and O–H groups in total. The molecule has 1 aromatic carbocycles. The number of nitrogens with zero attached hydrogens (tertiary/aromatic N) is 2. The lowest BCUT2D eigenvalue weighted by atomic mass is 10.1. The summed E-state index contributed by atoms with van der Waals surface area (Å²) in [4.78, 5) is 19.0. The average Bonchev–Trinajstić information content (AvgIpc) is 2.58. The van der Waals surface area contributed by atoms with E-state index in [0.29, 0.717) is 11.4 Å². The summed E-state index contributed by atoms with van der Waals surface area (Å²) in [6, 6.07) is 11.7. The topological polar surface area (TPSA) is 45.2 Å². The molecule has 0 unspecified atom stereocenters. The van der Waals surface area contributed by atoms with Gasteiger partial charge in [-0.05, 0) is 62.2 Å². The summed E-state index contributed by atoms with van der Waals surface area (Å²) in [6.07, 6.45) is 5.63. The molecule has 2 heterocycles. The molecule has 120 valence electrons. The molecule has 0 aliphatic carbocycles. The van der Waals surface area contributed by atoms with Crippen LogP contribution in [0.4, 0.5) is 5.82 Å². The van der Waals surface area contributed by atoms with Gasteiger partial charge in [-0.3, -0.25) is 9.69 Å². The predicted octanol–water partition coefficient (Wildman–Crippen LogP) is 3.63. The molecule has 23 heavy (non-hydrogen) atoms. The molecule has 1 amide bonds. The van der Waals surface area contributed by atoms with Gasteiger partial charge in [-0.15, -0.1) is 0 Å². The maximum atomic E-state index is 12.3. The van der Waals surface area contributed by atoms with E-state index in [4.69, 9.17) is 0 Å². The standard InChI is InChI=1S/C19H23N3O/c1-15-6-5-11-20-18(15)21-19(23)17-9-7-16(8-10-17)14-22-12-3-2-4-13-22/h5-11H,2-4,12-14H2,1H3,(H,20,21,23). The van der Waals surface area contributed by atoms with Crippen LogP contribution in [0.1, 0.15) is 40.7 Å². The van der Waals surface area contributed by atoms with Crippen LogP contribution in [-0.2, 0) is 6.54 Å². The minimum Gasteiger partial charge on any atom is -0.306 e. The van der Waals surface area contributed by atoms with E-state index in [-0.39, 0.29) is 5.91 Å². The lowest BCUT2D eigenvalue weighted by Gasteiger charge is -2.26. The van der Waals surface area contributed by atoms with Gasteiger partial charge in [0.25, 0.3) is 5.91 Å². The first kappa shape index (κ1) is 15.7. The Morgan fingerprint density at radius 3 is 2.57 bits per heavy atom. The fourth-order valence-electron chi connectivity index (χ4n) is 2.93. The molecule has 0 atom stereocenters. The molecule has 3 rings (SSSR count). The summed E-state index contributed by atoms with van der Waals surface area (Å²) in [5.74, 6) is 0.506. The van der Waals surface area contributed by atoms with Crippen LogP contribution in [0, 0.1) is 6.92 Å². The number of benzene rings is 1. The van der Waals surface area contributed by atoms with Gasteiger partial charge in [-0.1, -0.05) is 24.6 Å². The molecule has 2 aromatic rings. The SMILES string of the molecule is Cc1cccnc1NC(=O)c1ccc(CN2CCCCC2)cc1. The summed E-state index contributed by atoms with van der Waals surface area (Å²) in [6.45, 7) is 5.27. The van der Waals surface area contributed by atoms with Gasteiger partial charge in [0.1, 0.15) is 5.82 Å². The third kappa shape index (κ3) is 4.17. The van der Waals surface area contributed by atoms with Gasteiger partial charge >= 0.3 is 0 Å². The number of hydrogen-bond donors (Lipinski definition) is 1. The van der Waals surface area contributed by atoms with E-state index in [9.17, 15) is 4.79 Å². The normalized spacial score (nSPS) is 15.3. The van der Waals surface area contributed by atoms with Crippen molar-refractivity contribution in [2.45, 2.75) is 32.7 Å². The van der Waals surface area contributed by atoms with Crippen LogP contribution in [0.25, 0.3) is 0 Å². The van der Waals surface area contributed by atoms with E-state index in [2.05, 4.69) is 27.3 Å². The number of hydrogen-bond acceptors (Lipinski definition) is 3. The first-order valence-electron chi connectivity index (χ1n) is 8.26. The van der Waals surface area contributed by atoms with Crippen molar-refractivity contribution in [2.24, 2.45) is 0 Å². The van der Waals surface area contributed by atoms with E-state index in [1.165, 1.54) is 37.9 Å². The summed E-state index contributed by atoms with van der Waals surface area (Å²) in [5, 5.41) is 2.87. The molecule has 0 radical (unpaired) electrons. The third-order valence-electron chi connectivity index (χ3n) is 4.31. The minimum absolute atomic E-state index is 0.115. The smallest absolute Gasteiger partial charge is 0.256 e. The zero-order chi connectivity index (χ0) is 16.1. The molecule has 1 saturated heterocycles. The van der Waals surface area contributed by atoms with Crippen LogP contribution in [0.15, 0.2) is 42.6 Å². The van der Waals surface area contributed by atoms with Crippen LogP contribution in [0.2, 0.25) is 0 Å². The Labute approximate surface area is 137 Å². The number of pyridine rings is 1.